The third kappa shape index (κ3) is 4.62. The molecule has 1 aromatic heterocycles. The molecule has 1 aromatic carbocycles. The van der Waals surface area contributed by atoms with Crippen molar-refractivity contribution in [3.05, 3.63) is 53.7 Å². The van der Waals surface area contributed by atoms with Gasteiger partial charge in [-0.15, -0.1) is 0 Å². The summed E-state index contributed by atoms with van der Waals surface area (Å²) in [5.41, 5.74) is 0.619. The average molecular weight is 305 g/mol. The number of furan rings is 1. The first-order valence-electron chi connectivity index (χ1n) is 7.22. The number of aryl methyl sites for hydroxylation is 1. The van der Waals surface area contributed by atoms with Crippen molar-refractivity contribution in [2.45, 2.75) is 32.2 Å². The Morgan fingerprint density at radius 1 is 1.41 bits per heavy atom. The molecule has 2 aromatic rings. The highest BCUT2D eigenvalue weighted by Crippen LogP contribution is 2.18. The van der Waals surface area contributed by atoms with Crippen molar-refractivity contribution in [3.63, 3.8) is 0 Å². The molecule has 0 aliphatic carbocycles. The Morgan fingerprint density at radius 2 is 2.23 bits per heavy atom. The smallest absolute Gasteiger partial charge is 0.224 e. The first-order valence-corrected chi connectivity index (χ1v) is 7.22. The van der Waals surface area contributed by atoms with Crippen LogP contribution in [0.4, 0.5) is 4.39 Å². The second-order valence-electron chi connectivity index (χ2n) is 5.23. The molecule has 0 saturated heterocycles. The van der Waals surface area contributed by atoms with Crippen LogP contribution >= 0.6 is 0 Å². The van der Waals surface area contributed by atoms with Gasteiger partial charge < -0.3 is 14.5 Å². The summed E-state index contributed by atoms with van der Waals surface area (Å²) >= 11 is 0. The second-order valence-corrected chi connectivity index (χ2v) is 5.23. The molecule has 2 rings (SSSR count). The highest BCUT2D eigenvalue weighted by molar-refractivity contribution is 5.78. The van der Waals surface area contributed by atoms with Crippen LogP contribution in [-0.4, -0.2) is 19.1 Å². The Kier molecular flexibility index (Phi) is 5.58. The lowest BCUT2D eigenvalue weighted by Gasteiger charge is -2.13. The van der Waals surface area contributed by atoms with Crippen molar-refractivity contribution < 1.29 is 18.3 Å². The summed E-state index contributed by atoms with van der Waals surface area (Å²) in [6.07, 6.45) is 3.34. The van der Waals surface area contributed by atoms with Gasteiger partial charge in [-0.05, 0) is 43.2 Å². The highest BCUT2D eigenvalue weighted by atomic mass is 19.1. The van der Waals surface area contributed by atoms with Crippen LogP contribution in [-0.2, 0) is 17.6 Å². The van der Waals surface area contributed by atoms with Gasteiger partial charge in [0.25, 0.3) is 0 Å². The monoisotopic (exact) mass is 305 g/mol. The van der Waals surface area contributed by atoms with Crippen LogP contribution < -0.4 is 10.1 Å². The summed E-state index contributed by atoms with van der Waals surface area (Å²) in [4.78, 5) is 12.0. The Morgan fingerprint density at radius 3 is 2.86 bits per heavy atom. The summed E-state index contributed by atoms with van der Waals surface area (Å²) in [6, 6.07) is 8.32. The first-order chi connectivity index (χ1) is 10.6. The molecule has 1 heterocycles. The summed E-state index contributed by atoms with van der Waals surface area (Å²) in [6.45, 7) is 1.94. The van der Waals surface area contributed by atoms with Crippen LogP contribution in [0.1, 0.15) is 24.7 Å². The fourth-order valence-electron chi connectivity index (χ4n) is 2.22. The molecule has 0 aliphatic heterocycles. The molecule has 0 spiro atoms. The van der Waals surface area contributed by atoms with E-state index in [1.807, 2.05) is 19.1 Å². The van der Waals surface area contributed by atoms with Crippen molar-refractivity contribution in [1.29, 1.82) is 0 Å². The van der Waals surface area contributed by atoms with E-state index in [0.29, 0.717) is 5.56 Å². The van der Waals surface area contributed by atoms with Crippen molar-refractivity contribution in [2.24, 2.45) is 0 Å². The molecule has 0 aliphatic rings. The zero-order valence-electron chi connectivity index (χ0n) is 12.8. The van der Waals surface area contributed by atoms with E-state index in [2.05, 4.69) is 5.32 Å². The molecular formula is C17H20FNO3. The zero-order valence-corrected chi connectivity index (χ0v) is 12.8. The number of rotatable bonds is 7. The van der Waals surface area contributed by atoms with E-state index in [9.17, 15) is 9.18 Å². The van der Waals surface area contributed by atoms with E-state index in [0.717, 1.165) is 18.6 Å². The minimum absolute atomic E-state index is 0.0284. The fourth-order valence-corrected chi connectivity index (χ4v) is 2.22. The Hall–Kier alpha value is -2.30. The van der Waals surface area contributed by atoms with Gasteiger partial charge in [0.2, 0.25) is 5.91 Å². The van der Waals surface area contributed by atoms with Crippen molar-refractivity contribution in [2.75, 3.05) is 7.11 Å². The number of benzene rings is 1. The summed E-state index contributed by atoms with van der Waals surface area (Å²) in [5.74, 6) is 0.490. The van der Waals surface area contributed by atoms with Gasteiger partial charge >= 0.3 is 0 Å². The van der Waals surface area contributed by atoms with Gasteiger partial charge in [0.1, 0.15) is 5.76 Å². The minimum atomic E-state index is -0.460. The standard InChI is InChI=1S/C17H20FNO3/c1-12(5-7-14-4-3-9-22-14)19-17(20)11-13-6-8-16(21-2)15(18)10-13/h3-4,6,8-10,12H,5,7,11H2,1-2H3,(H,19,20)/t12-/m1/s1. The molecule has 5 heteroatoms. The number of carbonyl (C=O) groups excluding carboxylic acids is 1. The van der Waals surface area contributed by atoms with Gasteiger partial charge in [0, 0.05) is 12.5 Å². The number of hydrogen-bond donors (Lipinski definition) is 1. The van der Waals surface area contributed by atoms with Crippen LogP contribution in [0.25, 0.3) is 0 Å². The van der Waals surface area contributed by atoms with Crippen molar-refractivity contribution in [3.8, 4) is 5.75 Å². The molecule has 0 radical (unpaired) electrons. The van der Waals surface area contributed by atoms with E-state index in [-0.39, 0.29) is 24.1 Å². The number of hydrogen-bond acceptors (Lipinski definition) is 3. The van der Waals surface area contributed by atoms with Gasteiger partial charge in [-0.25, -0.2) is 4.39 Å². The topological polar surface area (TPSA) is 51.5 Å². The molecule has 118 valence electrons. The van der Waals surface area contributed by atoms with E-state index in [1.54, 1.807) is 12.3 Å². The predicted octanol–water partition coefficient (Wildman–Crippen LogP) is 3.11. The van der Waals surface area contributed by atoms with Crippen LogP contribution in [0.3, 0.4) is 0 Å². The maximum atomic E-state index is 13.6. The molecule has 1 atom stereocenters. The SMILES string of the molecule is COc1ccc(CC(=O)N[C@H](C)CCc2ccco2)cc1F. The second kappa shape index (κ2) is 7.64. The van der Waals surface area contributed by atoms with Gasteiger partial charge in [0.05, 0.1) is 19.8 Å². The zero-order chi connectivity index (χ0) is 15.9. The normalized spacial score (nSPS) is 12.0. The lowest BCUT2D eigenvalue weighted by Crippen LogP contribution is -2.34. The quantitative estimate of drug-likeness (QED) is 0.855. The molecule has 1 N–H and O–H groups in total. The predicted molar refractivity (Wildman–Crippen MR) is 81.3 cm³/mol. The maximum absolute atomic E-state index is 13.6. The van der Waals surface area contributed by atoms with Crippen LogP contribution in [0.15, 0.2) is 41.0 Å². The Bertz CT molecular complexity index is 610. The van der Waals surface area contributed by atoms with Crippen molar-refractivity contribution >= 4 is 5.91 Å². The number of carbonyl (C=O) groups is 1. The van der Waals surface area contributed by atoms with E-state index in [1.165, 1.54) is 19.2 Å². The van der Waals surface area contributed by atoms with Crippen LogP contribution in [0.2, 0.25) is 0 Å². The number of methoxy groups -OCH3 is 1. The van der Waals surface area contributed by atoms with E-state index in [4.69, 9.17) is 9.15 Å². The molecule has 1 amide bonds. The third-order valence-electron chi connectivity index (χ3n) is 3.39. The largest absolute Gasteiger partial charge is 0.494 e. The third-order valence-corrected chi connectivity index (χ3v) is 3.39. The maximum Gasteiger partial charge on any atom is 0.224 e. The van der Waals surface area contributed by atoms with Gasteiger partial charge in [-0.2, -0.15) is 0 Å². The number of amides is 1. The average Bonchev–Trinajstić information content (AvgIpc) is 2.98. The number of nitrogens with one attached hydrogen (secondary N) is 1. The van der Waals surface area contributed by atoms with Crippen molar-refractivity contribution in [1.82, 2.24) is 5.32 Å². The molecule has 0 fully saturated rings. The van der Waals surface area contributed by atoms with Gasteiger partial charge in [-0.3, -0.25) is 4.79 Å². The highest BCUT2D eigenvalue weighted by Gasteiger charge is 2.11. The van der Waals surface area contributed by atoms with Crippen LogP contribution in [0.5, 0.6) is 5.75 Å². The molecule has 0 saturated carbocycles. The molecular weight excluding hydrogens is 285 g/mol. The van der Waals surface area contributed by atoms with E-state index < -0.39 is 5.82 Å². The number of halogens is 1. The fraction of sp³-hybridized carbons (Fsp3) is 0.353. The minimum Gasteiger partial charge on any atom is -0.494 e. The Labute approximate surface area is 129 Å². The molecule has 22 heavy (non-hydrogen) atoms. The Balaban J connectivity index is 1.80. The molecule has 0 unspecified atom stereocenters. The molecule has 4 nitrogen and oxygen atoms in total. The summed E-state index contributed by atoms with van der Waals surface area (Å²) in [5, 5.41) is 2.90. The number of ether oxygens (including phenoxy) is 1. The lowest BCUT2D eigenvalue weighted by atomic mass is 10.1. The molecule has 0 bridgehead atoms. The summed E-state index contributed by atoms with van der Waals surface area (Å²) < 4.78 is 23.7. The van der Waals surface area contributed by atoms with E-state index >= 15 is 0 Å². The summed E-state index contributed by atoms with van der Waals surface area (Å²) in [7, 11) is 1.41. The van der Waals surface area contributed by atoms with Gasteiger partial charge in [-0.1, -0.05) is 6.07 Å². The van der Waals surface area contributed by atoms with Gasteiger partial charge in [0.15, 0.2) is 11.6 Å². The first kappa shape index (κ1) is 16.1. The lowest BCUT2D eigenvalue weighted by molar-refractivity contribution is -0.121. The van der Waals surface area contributed by atoms with Crippen LogP contribution in [0, 0.1) is 5.82 Å².